The molecule has 3 aromatic rings. The summed E-state index contributed by atoms with van der Waals surface area (Å²) >= 11 is 5.74. The molecule has 3 rings (SSSR count). The summed E-state index contributed by atoms with van der Waals surface area (Å²) < 4.78 is 13.1. The highest BCUT2D eigenvalue weighted by Gasteiger charge is 2.06. The third kappa shape index (κ3) is 1.91. The van der Waals surface area contributed by atoms with Gasteiger partial charge in [-0.3, -0.25) is 4.98 Å². The zero-order chi connectivity index (χ0) is 12.5. The zero-order valence-electron chi connectivity index (χ0n) is 9.14. The molecule has 0 bridgehead atoms. The molecule has 0 amide bonds. The van der Waals surface area contributed by atoms with Crippen LogP contribution in [0, 0.1) is 5.82 Å². The van der Waals surface area contributed by atoms with Gasteiger partial charge in [-0.05, 0) is 30.3 Å². The fourth-order valence-corrected chi connectivity index (χ4v) is 1.82. The van der Waals surface area contributed by atoms with E-state index in [1.165, 1.54) is 12.1 Å². The van der Waals surface area contributed by atoms with Crippen molar-refractivity contribution in [3.05, 3.63) is 53.6 Å². The van der Waals surface area contributed by atoms with Gasteiger partial charge in [0.2, 0.25) is 0 Å². The van der Waals surface area contributed by atoms with E-state index in [0.717, 1.165) is 11.0 Å². The van der Waals surface area contributed by atoms with Crippen molar-refractivity contribution in [3.8, 4) is 11.4 Å². The number of hydrogen-bond acceptors (Lipinski definition) is 3. The molecule has 0 spiro atoms. The number of benzene rings is 1. The van der Waals surface area contributed by atoms with E-state index in [4.69, 9.17) is 11.6 Å². The number of halogens is 2. The Bertz CT molecular complexity index is 730. The molecule has 0 atom stereocenters. The van der Waals surface area contributed by atoms with Gasteiger partial charge in [0, 0.05) is 11.8 Å². The van der Waals surface area contributed by atoms with Gasteiger partial charge in [-0.2, -0.15) is 0 Å². The Morgan fingerprint density at radius 3 is 2.78 bits per heavy atom. The number of aromatic nitrogens is 3. The van der Waals surface area contributed by atoms with Gasteiger partial charge in [-0.25, -0.2) is 14.4 Å². The highest BCUT2D eigenvalue weighted by atomic mass is 35.5. The Hall–Kier alpha value is -2.07. The van der Waals surface area contributed by atoms with Crippen molar-refractivity contribution in [1.82, 2.24) is 15.0 Å². The molecule has 2 aromatic heterocycles. The van der Waals surface area contributed by atoms with Crippen LogP contribution in [0.4, 0.5) is 4.39 Å². The maximum Gasteiger partial charge on any atom is 0.159 e. The van der Waals surface area contributed by atoms with Gasteiger partial charge in [-0.15, -0.1) is 0 Å². The smallest absolute Gasteiger partial charge is 0.159 e. The van der Waals surface area contributed by atoms with Gasteiger partial charge >= 0.3 is 0 Å². The fourth-order valence-electron chi connectivity index (χ4n) is 1.64. The van der Waals surface area contributed by atoms with Gasteiger partial charge in [0.1, 0.15) is 11.3 Å². The van der Waals surface area contributed by atoms with Crippen LogP contribution in [0.1, 0.15) is 0 Å². The van der Waals surface area contributed by atoms with Gasteiger partial charge < -0.3 is 0 Å². The van der Waals surface area contributed by atoms with Crippen molar-refractivity contribution >= 4 is 22.6 Å². The average Bonchev–Trinajstić information content (AvgIpc) is 2.41. The summed E-state index contributed by atoms with van der Waals surface area (Å²) in [5.74, 6) is 0.0419. The Morgan fingerprint density at radius 2 is 1.94 bits per heavy atom. The minimum absolute atomic E-state index is 0.0578. The lowest BCUT2D eigenvalue weighted by Crippen LogP contribution is -1.91. The normalized spacial score (nSPS) is 10.8. The Kier molecular flexibility index (Phi) is 2.64. The first-order valence-electron chi connectivity index (χ1n) is 5.27. The summed E-state index contributed by atoms with van der Waals surface area (Å²) in [7, 11) is 0. The molecule has 5 heteroatoms. The van der Waals surface area contributed by atoms with E-state index in [2.05, 4.69) is 15.0 Å². The minimum atomic E-state index is -0.456. The maximum atomic E-state index is 13.1. The molecule has 3 nitrogen and oxygen atoms in total. The second-order valence-electron chi connectivity index (χ2n) is 3.73. The van der Waals surface area contributed by atoms with Crippen molar-refractivity contribution in [2.45, 2.75) is 0 Å². The van der Waals surface area contributed by atoms with Crippen LogP contribution < -0.4 is 0 Å². The fraction of sp³-hybridized carbons (Fsp3) is 0. The van der Waals surface area contributed by atoms with Crippen molar-refractivity contribution in [3.63, 3.8) is 0 Å². The predicted molar refractivity (Wildman–Crippen MR) is 67.7 cm³/mol. The van der Waals surface area contributed by atoms with Crippen molar-refractivity contribution in [1.29, 1.82) is 0 Å². The van der Waals surface area contributed by atoms with Gasteiger partial charge in [0.05, 0.1) is 16.7 Å². The summed E-state index contributed by atoms with van der Waals surface area (Å²) in [6.07, 6.45) is 3.31. The quantitative estimate of drug-likeness (QED) is 0.671. The SMILES string of the molecule is Fc1ccc(-c2ncc3ncccc3n2)cc1Cl. The Balaban J connectivity index is 2.16. The van der Waals surface area contributed by atoms with Crippen molar-refractivity contribution in [2.24, 2.45) is 0 Å². The largest absolute Gasteiger partial charge is 0.253 e. The monoisotopic (exact) mass is 259 g/mol. The second kappa shape index (κ2) is 4.31. The average molecular weight is 260 g/mol. The van der Waals surface area contributed by atoms with Crippen LogP contribution in [-0.4, -0.2) is 15.0 Å². The molecule has 2 heterocycles. The number of pyridine rings is 1. The van der Waals surface area contributed by atoms with E-state index in [0.29, 0.717) is 11.4 Å². The summed E-state index contributed by atoms with van der Waals surface area (Å²) in [5.41, 5.74) is 2.13. The first kappa shape index (κ1) is 11.0. The lowest BCUT2D eigenvalue weighted by molar-refractivity contribution is 0.628. The standard InChI is InChI=1S/C13H7ClFN3/c14-9-6-8(3-4-10(9)15)13-17-7-12-11(18-13)2-1-5-16-12/h1-7H. The molecule has 88 valence electrons. The topological polar surface area (TPSA) is 38.7 Å². The maximum absolute atomic E-state index is 13.1. The van der Waals surface area contributed by atoms with Crippen LogP contribution in [0.25, 0.3) is 22.4 Å². The van der Waals surface area contributed by atoms with Crippen LogP contribution in [-0.2, 0) is 0 Å². The molecule has 0 radical (unpaired) electrons. The molecule has 18 heavy (non-hydrogen) atoms. The van der Waals surface area contributed by atoms with E-state index in [1.54, 1.807) is 24.5 Å². The molecule has 0 unspecified atom stereocenters. The summed E-state index contributed by atoms with van der Waals surface area (Å²) in [6.45, 7) is 0. The first-order valence-corrected chi connectivity index (χ1v) is 5.65. The van der Waals surface area contributed by atoms with Crippen LogP contribution in [0.15, 0.2) is 42.7 Å². The molecule has 0 fully saturated rings. The minimum Gasteiger partial charge on any atom is -0.253 e. The lowest BCUT2D eigenvalue weighted by Gasteiger charge is -2.02. The van der Waals surface area contributed by atoms with E-state index >= 15 is 0 Å². The molecular formula is C13H7ClFN3. The molecular weight excluding hydrogens is 253 g/mol. The van der Waals surface area contributed by atoms with Gasteiger partial charge in [-0.1, -0.05) is 11.6 Å². The zero-order valence-corrected chi connectivity index (χ0v) is 9.89. The highest BCUT2D eigenvalue weighted by Crippen LogP contribution is 2.23. The van der Waals surface area contributed by atoms with Gasteiger partial charge in [0.15, 0.2) is 5.82 Å². The Morgan fingerprint density at radius 1 is 1.06 bits per heavy atom. The van der Waals surface area contributed by atoms with Gasteiger partial charge in [0.25, 0.3) is 0 Å². The third-order valence-electron chi connectivity index (χ3n) is 2.53. The molecule has 0 saturated carbocycles. The van der Waals surface area contributed by atoms with Crippen LogP contribution in [0.3, 0.4) is 0 Å². The Labute approximate surface area is 107 Å². The molecule has 0 aliphatic heterocycles. The van der Waals surface area contributed by atoms with E-state index in [9.17, 15) is 4.39 Å². The molecule has 0 saturated heterocycles. The predicted octanol–water partition coefficient (Wildman–Crippen LogP) is 3.48. The number of nitrogens with zero attached hydrogens (tertiary/aromatic N) is 3. The summed E-state index contributed by atoms with van der Waals surface area (Å²) in [5, 5.41) is 0.0578. The molecule has 0 N–H and O–H groups in total. The lowest BCUT2D eigenvalue weighted by atomic mass is 10.2. The van der Waals surface area contributed by atoms with Crippen LogP contribution >= 0.6 is 11.6 Å². The first-order chi connectivity index (χ1) is 8.74. The van der Waals surface area contributed by atoms with Crippen molar-refractivity contribution < 1.29 is 4.39 Å². The van der Waals surface area contributed by atoms with E-state index in [1.807, 2.05) is 6.07 Å². The molecule has 1 aromatic carbocycles. The van der Waals surface area contributed by atoms with E-state index in [-0.39, 0.29) is 5.02 Å². The van der Waals surface area contributed by atoms with Crippen molar-refractivity contribution in [2.75, 3.05) is 0 Å². The third-order valence-corrected chi connectivity index (χ3v) is 2.82. The van der Waals surface area contributed by atoms with E-state index < -0.39 is 5.82 Å². The summed E-state index contributed by atoms with van der Waals surface area (Å²) in [6, 6.07) is 8.05. The van der Waals surface area contributed by atoms with Crippen LogP contribution in [0.2, 0.25) is 5.02 Å². The highest BCUT2D eigenvalue weighted by molar-refractivity contribution is 6.31. The number of rotatable bonds is 1. The second-order valence-corrected chi connectivity index (χ2v) is 4.14. The number of hydrogen-bond donors (Lipinski definition) is 0. The summed E-state index contributed by atoms with van der Waals surface area (Å²) in [4.78, 5) is 12.7. The van der Waals surface area contributed by atoms with Crippen LogP contribution in [0.5, 0.6) is 0 Å². The number of fused-ring (bicyclic) bond motifs is 1. The molecule has 0 aliphatic rings. The molecule has 0 aliphatic carbocycles.